The molecule has 1 heterocycles. The molecule has 70 valence electrons. The third-order valence-electron chi connectivity index (χ3n) is 1.27. The van der Waals surface area contributed by atoms with Crippen LogP contribution in [0, 0.1) is 0 Å². The lowest BCUT2D eigenvalue weighted by atomic mass is 10.5. The number of furan rings is 1. The second kappa shape index (κ2) is 5.80. The maximum Gasteiger partial charge on any atom is 0.193 e. The van der Waals surface area contributed by atoms with Gasteiger partial charge in [-0.05, 0) is 35.0 Å². The highest BCUT2D eigenvalue weighted by atomic mass is 35.5. The van der Waals surface area contributed by atoms with Crippen LogP contribution in [0.4, 0.5) is 0 Å². The monoisotopic (exact) mass is 217 g/mol. The van der Waals surface area contributed by atoms with Crippen molar-refractivity contribution in [2.45, 2.75) is 5.75 Å². The minimum Gasteiger partial charge on any atom is -0.449 e. The molecule has 0 aliphatic rings. The van der Waals surface area contributed by atoms with E-state index in [1.807, 2.05) is 6.07 Å². The Bertz CT molecular complexity index is 308. The molecule has 13 heavy (non-hydrogen) atoms. The summed E-state index contributed by atoms with van der Waals surface area (Å²) >= 11 is 7.22. The van der Waals surface area contributed by atoms with Crippen LogP contribution in [0.5, 0.6) is 0 Å². The summed E-state index contributed by atoms with van der Waals surface area (Å²) in [6.07, 6.45) is 0. The first-order valence-electron chi connectivity index (χ1n) is 3.66. The molecule has 6 heteroatoms. The molecule has 0 fully saturated rings. The Balaban J connectivity index is 2.16. The highest BCUT2D eigenvalue weighted by molar-refractivity contribution is 7.98. The Morgan fingerprint density at radius 3 is 3.08 bits per heavy atom. The number of hydrogen-bond donors (Lipinski definition) is 0. The van der Waals surface area contributed by atoms with Crippen molar-refractivity contribution < 1.29 is 4.42 Å². The Morgan fingerprint density at radius 1 is 1.62 bits per heavy atom. The average molecular weight is 218 g/mol. The summed E-state index contributed by atoms with van der Waals surface area (Å²) in [7, 11) is 0. The maximum absolute atomic E-state index is 8.00. The van der Waals surface area contributed by atoms with E-state index >= 15 is 0 Å². The van der Waals surface area contributed by atoms with Gasteiger partial charge in [0.25, 0.3) is 0 Å². The summed E-state index contributed by atoms with van der Waals surface area (Å²) in [5.74, 6) is 2.40. The highest BCUT2D eigenvalue weighted by Crippen LogP contribution is 2.18. The van der Waals surface area contributed by atoms with E-state index in [2.05, 4.69) is 10.0 Å². The largest absolute Gasteiger partial charge is 0.449 e. The fraction of sp³-hybridized carbons (Fsp3) is 0.429. The van der Waals surface area contributed by atoms with Crippen LogP contribution in [0.2, 0.25) is 5.22 Å². The molecule has 0 saturated carbocycles. The van der Waals surface area contributed by atoms with Gasteiger partial charge in [-0.15, -0.1) is 0 Å². The number of thioether (sulfide) groups is 1. The smallest absolute Gasteiger partial charge is 0.193 e. The standard InChI is InChI=1S/C7H8ClN3OS/c8-7-2-1-6(12-7)5-13-4-3-10-11-9/h1-2H,3-5H2. The van der Waals surface area contributed by atoms with Gasteiger partial charge in [-0.25, -0.2) is 0 Å². The number of hydrogen-bond acceptors (Lipinski definition) is 3. The van der Waals surface area contributed by atoms with Gasteiger partial charge in [-0.1, -0.05) is 5.11 Å². The summed E-state index contributed by atoms with van der Waals surface area (Å²) in [6, 6.07) is 3.55. The van der Waals surface area contributed by atoms with Gasteiger partial charge in [0.1, 0.15) is 5.76 Å². The molecule has 0 amide bonds. The molecule has 0 bridgehead atoms. The van der Waals surface area contributed by atoms with Gasteiger partial charge in [0, 0.05) is 11.5 Å². The quantitative estimate of drug-likeness (QED) is 0.328. The van der Waals surface area contributed by atoms with Crippen molar-refractivity contribution in [3.05, 3.63) is 33.6 Å². The van der Waals surface area contributed by atoms with E-state index in [9.17, 15) is 0 Å². The molecule has 1 aromatic rings. The van der Waals surface area contributed by atoms with E-state index in [0.717, 1.165) is 17.3 Å². The zero-order valence-electron chi connectivity index (χ0n) is 6.81. The molecule has 1 rings (SSSR count). The van der Waals surface area contributed by atoms with E-state index < -0.39 is 0 Å². The van der Waals surface area contributed by atoms with Crippen LogP contribution in [-0.4, -0.2) is 12.3 Å². The normalized spacial score (nSPS) is 9.62. The van der Waals surface area contributed by atoms with Gasteiger partial charge < -0.3 is 4.42 Å². The molecule has 0 aromatic carbocycles. The van der Waals surface area contributed by atoms with E-state index in [1.165, 1.54) is 0 Å². The lowest BCUT2D eigenvalue weighted by Crippen LogP contribution is -1.84. The van der Waals surface area contributed by atoms with Gasteiger partial charge in [-0.3, -0.25) is 0 Å². The van der Waals surface area contributed by atoms with Crippen molar-refractivity contribution in [3.63, 3.8) is 0 Å². The molecule has 0 saturated heterocycles. The zero-order chi connectivity index (χ0) is 9.52. The van der Waals surface area contributed by atoms with Crippen molar-refractivity contribution in [2.24, 2.45) is 5.11 Å². The van der Waals surface area contributed by atoms with Crippen molar-refractivity contribution in [3.8, 4) is 0 Å². The van der Waals surface area contributed by atoms with E-state index in [-0.39, 0.29) is 0 Å². The first-order chi connectivity index (χ1) is 6.33. The summed E-state index contributed by atoms with van der Waals surface area (Å²) in [5.41, 5.74) is 8.00. The number of azide groups is 1. The van der Waals surface area contributed by atoms with E-state index in [1.54, 1.807) is 17.8 Å². The summed E-state index contributed by atoms with van der Waals surface area (Å²) in [6.45, 7) is 0.510. The Kier molecular flexibility index (Phi) is 4.60. The fourth-order valence-electron chi connectivity index (χ4n) is 0.752. The minimum absolute atomic E-state index is 0.408. The SMILES string of the molecule is [N-]=[N+]=NCCSCc1ccc(Cl)o1. The van der Waals surface area contributed by atoms with Gasteiger partial charge in [-0.2, -0.15) is 11.8 Å². The van der Waals surface area contributed by atoms with Crippen LogP contribution in [0.15, 0.2) is 21.7 Å². The van der Waals surface area contributed by atoms with Gasteiger partial charge in [0.05, 0.1) is 5.75 Å². The van der Waals surface area contributed by atoms with E-state index in [4.69, 9.17) is 21.5 Å². The molecule has 0 radical (unpaired) electrons. The molecule has 0 N–H and O–H groups in total. The molecular formula is C7H8ClN3OS. The summed E-state index contributed by atoms with van der Waals surface area (Å²) in [4.78, 5) is 2.65. The highest BCUT2D eigenvalue weighted by Gasteiger charge is 1.98. The van der Waals surface area contributed by atoms with E-state index in [0.29, 0.717) is 11.8 Å². The number of rotatable bonds is 5. The first-order valence-corrected chi connectivity index (χ1v) is 5.19. The maximum atomic E-state index is 8.00. The average Bonchev–Trinajstić information content (AvgIpc) is 2.51. The van der Waals surface area contributed by atoms with Crippen molar-refractivity contribution in [1.29, 1.82) is 0 Å². The Morgan fingerprint density at radius 2 is 2.46 bits per heavy atom. The fourth-order valence-corrected chi connectivity index (χ4v) is 1.63. The van der Waals surface area contributed by atoms with Crippen LogP contribution in [0.3, 0.4) is 0 Å². The molecule has 0 spiro atoms. The van der Waals surface area contributed by atoms with Crippen molar-refractivity contribution in [1.82, 2.24) is 0 Å². The molecule has 4 nitrogen and oxygen atoms in total. The second-order valence-corrected chi connectivity index (χ2v) is 3.69. The van der Waals surface area contributed by atoms with Gasteiger partial charge in [0.15, 0.2) is 5.22 Å². The van der Waals surface area contributed by atoms with Crippen LogP contribution >= 0.6 is 23.4 Å². The Labute approximate surface area is 84.9 Å². The molecule has 1 aromatic heterocycles. The van der Waals surface area contributed by atoms with Crippen LogP contribution in [0.1, 0.15) is 5.76 Å². The van der Waals surface area contributed by atoms with Gasteiger partial charge >= 0.3 is 0 Å². The number of halogens is 1. The second-order valence-electron chi connectivity index (χ2n) is 2.21. The predicted molar refractivity (Wildman–Crippen MR) is 53.9 cm³/mol. The predicted octanol–water partition coefficient (Wildman–Crippen LogP) is 3.48. The summed E-state index contributed by atoms with van der Waals surface area (Å²) < 4.78 is 5.13. The third kappa shape index (κ3) is 4.12. The van der Waals surface area contributed by atoms with Crippen LogP contribution < -0.4 is 0 Å². The lowest BCUT2D eigenvalue weighted by Gasteiger charge is -1.94. The third-order valence-corrected chi connectivity index (χ3v) is 2.44. The molecule has 0 unspecified atom stereocenters. The van der Waals surface area contributed by atoms with Crippen LogP contribution in [-0.2, 0) is 5.75 Å². The minimum atomic E-state index is 0.408. The van der Waals surface area contributed by atoms with Gasteiger partial charge in [0.2, 0.25) is 0 Å². The number of nitrogens with zero attached hydrogens (tertiary/aromatic N) is 3. The van der Waals surface area contributed by atoms with Crippen molar-refractivity contribution in [2.75, 3.05) is 12.3 Å². The summed E-state index contributed by atoms with van der Waals surface area (Å²) in [5, 5.41) is 3.82. The molecule has 0 atom stereocenters. The van der Waals surface area contributed by atoms with Crippen molar-refractivity contribution >= 4 is 23.4 Å². The molecular weight excluding hydrogens is 210 g/mol. The van der Waals surface area contributed by atoms with Crippen LogP contribution in [0.25, 0.3) is 10.4 Å². The topological polar surface area (TPSA) is 61.9 Å². The molecule has 0 aliphatic carbocycles. The Hall–Kier alpha value is -0.770. The lowest BCUT2D eigenvalue weighted by molar-refractivity contribution is 0.532. The zero-order valence-corrected chi connectivity index (χ0v) is 8.38. The first kappa shape index (κ1) is 10.3. The molecule has 0 aliphatic heterocycles.